The Morgan fingerprint density at radius 1 is 1.00 bits per heavy atom. The molecule has 37 heavy (non-hydrogen) atoms. The van der Waals surface area contributed by atoms with Crippen LogP contribution >= 0.6 is 0 Å². The van der Waals surface area contributed by atoms with E-state index in [-0.39, 0.29) is 11.5 Å². The van der Waals surface area contributed by atoms with Crippen molar-refractivity contribution in [2.75, 3.05) is 19.6 Å². The van der Waals surface area contributed by atoms with E-state index in [2.05, 4.69) is 11.0 Å². The first-order valence-corrected chi connectivity index (χ1v) is 12.3. The predicted molar refractivity (Wildman–Crippen MR) is 132 cm³/mol. The number of hydrogen-bond acceptors (Lipinski definition) is 4. The van der Waals surface area contributed by atoms with Crippen LogP contribution in [0.25, 0.3) is 0 Å². The number of aliphatic hydroxyl groups is 1. The molecule has 2 N–H and O–H groups in total. The third-order valence-electron chi connectivity index (χ3n) is 7.59. The minimum atomic E-state index is -4.46. The fourth-order valence-electron chi connectivity index (χ4n) is 5.46. The molecule has 5 nitrogen and oxygen atoms in total. The van der Waals surface area contributed by atoms with Gasteiger partial charge in [0.2, 0.25) is 0 Å². The van der Waals surface area contributed by atoms with E-state index in [1.165, 1.54) is 6.07 Å². The minimum Gasteiger partial charge on any atom is -0.489 e. The minimum absolute atomic E-state index is 0.0720. The van der Waals surface area contributed by atoms with Gasteiger partial charge in [-0.2, -0.15) is 13.2 Å². The molecule has 0 bridgehead atoms. The molecule has 3 aromatic carbocycles. The summed E-state index contributed by atoms with van der Waals surface area (Å²) >= 11 is 0. The van der Waals surface area contributed by atoms with E-state index in [4.69, 9.17) is 4.74 Å². The average Bonchev–Trinajstić information content (AvgIpc) is 3.04. The van der Waals surface area contributed by atoms with Gasteiger partial charge in [0, 0.05) is 24.6 Å². The molecule has 2 aliphatic heterocycles. The molecule has 0 aliphatic carbocycles. The zero-order valence-corrected chi connectivity index (χ0v) is 20.2. The van der Waals surface area contributed by atoms with Gasteiger partial charge in [0.1, 0.15) is 12.4 Å². The number of carboxylic acids is 1. The van der Waals surface area contributed by atoms with Crippen molar-refractivity contribution >= 4 is 5.97 Å². The molecule has 0 saturated carbocycles. The number of aromatic carboxylic acids is 1. The Balaban J connectivity index is 1.33. The Morgan fingerprint density at radius 2 is 1.76 bits per heavy atom. The monoisotopic (exact) mass is 511 g/mol. The molecule has 1 fully saturated rings. The van der Waals surface area contributed by atoms with Crippen LogP contribution < -0.4 is 4.74 Å². The standard InChI is InChI=1S/C29H28F3NO4/c30-29(31,32)22-6-3-5-21(17-22)28(36)11-14-33(15-12-28)13-10-24-23-7-2-1-4-20(23)18-37-26-9-8-19(27(34)35)16-25(24)26/h1-9,16-17,24,36H,10-15,18H2,(H,34,35). The van der Waals surface area contributed by atoms with E-state index in [1.807, 2.05) is 18.2 Å². The van der Waals surface area contributed by atoms with Crippen LogP contribution in [0.2, 0.25) is 0 Å². The summed E-state index contributed by atoms with van der Waals surface area (Å²) < 4.78 is 45.6. The smallest absolute Gasteiger partial charge is 0.416 e. The quantitative estimate of drug-likeness (QED) is 0.453. The lowest BCUT2D eigenvalue weighted by Gasteiger charge is -2.39. The second-order valence-electron chi connectivity index (χ2n) is 9.84. The van der Waals surface area contributed by atoms with E-state index >= 15 is 0 Å². The van der Waals surface area contributed by atoms with E-state index in [9.17, 15) is 28.2 Å². The number of alkyl halides is 3. The van der Waals surface area contributed by atoms with Gasteiger partial charge in [0.15, 0.2) is 0 Å². The van der Waals surface area contributed by atoms with Gasteiger partial charge >= 0.3 is 12.1 Å². The molecule has 2 aliphatic rings. The van der Waals surface area contributed by atoms with Gasteiger partial charge in [0.05, 0.1) is 16.7 Å². The molecule has 0 amide bonds. The highest BCUT2D eigenvalue weighted by molar-refractivity contribution is 5.88. The average molecular weight is 512 g/mol. The molecule has 1 saturated heterocycles. The highest BCUT2D eigenvalue weighted by Gasteiger charge is 2.37. The van der Waals surface area contributed by atoms with Crippen LogP contribution in [-0.4, -0.2) is 40.7 Å². The van der Waals surface area contributed by atoms with Crippen molar-refractivity contribution in [3.05, 3.63) is 100 Å². The van der Waals surface area contributed by atoms with Crippen LogP contribution in [0, 0.1) is 0 Å². The number of carboxylic acid groups (broad SMARTS) is 1. The van der Waals surface area contributed by atoms with E-state index < -0.39 is 23.3 Å². The first-order valence-electron chi connectivity index (χ1n) is 12.3. The number of benzene rings is 3. The number of halogens is 3. The van der Waals surface area contributed by atoms with Crippen LogP contribution in [0.5, 0.6) is 5.75 Å². The maximum absolute atomic E-state index is 13.2. The second-order valence-corrected chi connectivity index (χ2v) is 9.84. The topological polar surface area (TPSA) is 70.0 Å². The first-order chi connectivity index (χ1) is 17.6. The Labute approximate surface area is 213 Å². The molecule has 194 valence electrons. The summed E-state index contributed by atoms with van der Waals surface area (Å²) in [5, 5.41) is 20.7. The molecule has 1 unspecified atom stereocenters. The van der Waals surface area contributed by atoms with Gasteiger partial charge in [-0.1, -0.05) is 36.4 Å². The molecule has 2 heterocycles. The molecule has 0 radical (unpaired) electrons. The van der Waals surface area contributed by atoms with Crippen molar-refractivity contribution in [3.8, 4) is 5.75 Å². The van der Waals surface area contributed by atoms with Crippen LogP contribution in [0.4, 0.5) is 13.2 Å². The van der Waals surface area contributed by atoms with Crippen molar-refractivity contribution in [2.45, 2.75) is 43.6 Å². The summed E-state index contributed by atoms with van der Waals surface area (Å²) in [6.45, 7) is 2.17. The van der Waals surface area contributed by atoms with E-state index in [0.29, 0.717) is 56.8 Å². The van der Waals surface area contributed by atoms with Gasteiger partial charge in [-0.15, -0.1) is 0 Å². The molecule has 0 aromatic heterocycles. The lowest BCUT2D eigenvalue weighted by atomic mass is 9.82. The van der Waals surface area contributed by atoms with Crippen molar-refractivity contribution < 1.29 is 32.9 Å². The van der Waals surface area contributed by atoms with Crippen LogP contribution in [0.1, 0.15) is 63.4 Å². The largest absolute Gasteiger partial charge is 0.489 e. The molecular weight excluding hydrogens is 483 g/mol. The van der Waals surface area contributed by atoms with Gasteiger partial charge in [-0.05, 0) is 72.8 Å². The van der Waals surface area contributed by atoms with Crippen LogP contribution in [-0.2, 0) is 18.4 Å². The molecule has 1 atom stereocenters. The van der Waals surface area contributed by atoms with Crippen molar-refractivity contribution in [1.82, 2.24) is 4.90 Å². The molecule has 3 aromatic rings. The Hall–Kier alpha value is -3.36. The summed E-state index contributed by atoms with van der Waals surface area (Å²) in [7, 11) is 0. The van der Waals surface area contributed by atoms with Gasteiger partial charge in [0.25, 0.3) is 0 Å². The van der Waals surface area contributed by atoms with Crippen molar-refractivity contribution in [2.24, 2.45) is 0 Å². The lowest BCUT2D eigenvalue weighted by Crippen LogP contribution is -2.43. The SMILES string of the molecule is O=C(O)c1ccc2c(c1)C(CCN1CCC(O)(c3cccc(C(F)(F)F)c3)CC1)c1ccccc1CO2. The number of carbonyl (C=O) groups is 1. The maximum Gasteiger partial charge on any atom is 0.416 e. The number of ether oxygens (including phenoxy) is 1. The Kier molecular flexibility index (Phi) is 6.72. The van der Waals surface area contributed by atoms with E-state index in [0.717, 1.165) is 28.8 Å². The van der Waals surface area contributed by atoms with Crippen molar-refractivity contribution in [1.29, 1.82) is 0 Å². The Morgan fingerprint density at radius 3 is 2.49 bits per heavy atom. The number of hydrogen-bond donors (Lipinski definition) is 2. The second kappa shape index (κ2) is 9.84. The zero-order chi connectivity index (χ0) is 26.2. The number of rotatable bonds is 5. The summed E-state index contributed by atoms with van der Waals surface area (Å²) in [4.78, 5) is 13.9. The normalized spacial score (nSPS) is 19.3. The van der Waals surface area contributed by atoms with Gasteiger partial charge < -0.3 is 19.8 Å². The molecule has 0 spiro atoms. The lowest BCUT2D eigenvalue weighted by molar-refractivity contribution is -0.137. The maximum atomic E-state index is 13.2. The zero-order valence-electron chi connectivity index (χ0n) is 20.2. The molecule has 8 heteroatoms. The fraction of sp³-hybridized carbons (Fsp3) is 0.345. The van der Waals surface area contributed by atoms with Gasteiger partial charge in [-0.25, -0.2) is 4.79 Å². The number of piperidine rings is 1. The first kappa shape index (κ1) is 25.3. The third-order valence-corrected chi connectivity index (χ3v) is 7.59. The van der Waals surface area contributed by atoms with Crippen LogP contribution in [0.15, 0.2) is 66.7 Å². The van der Waals surface area contributed by atoms with Gasteiger partial charge in [-0.3, -0.25) is 0 Å². The highest BCUT2D eigenvalue weighted by Crippen LogP contribution is 2.41. The summed E-state index contributed by atoms with van der Waals surface area (Å²) in [6.07, 6.45) is -3.09. The van der Waals surface area contributed by atoms with E-state index in [1.54, 1.807) is 24.3 Å². The summed E-state index contributed by atoms with van der Waals surface area (Å²) in [6, 6.07) is 17.9. The molecule has 5 rings (SSSR count). The number of fused-ring (bicyclic) bond motifs is 2. The highest BCUT2D eigenvalue weighted by atomic mass is 19.4. The number of likely N-dealkylation sites (tertiary alicyclic amines) is 1. The Bertz CT molecular complexity index is 1300. The molecular formula is C29H28F3NO4. The number of nitrogens with zero attached hydrogens (tertiary/aromatic N) is 1. The fourth-order valence-corrected chi connectivity index (χ4v) is 5.46. The summed E-state index contributed by atoms with van der Waals surface area (Å²) in [5.74, 6) is -0.398. The van der Waals surface area contributed by atoms with Crippen molar-refractivity contribution in [3.63, 3.8) is 0 Å². The summed E-state index contributed by atoms with van der Waals surface area (Å²) in [5.41, 5.74) is 1.43. The van der Waals surface area contributed by atoms with Crippen LogP contribution in [0.3, 0.4) is 0 Å². The third kappa shape index (κ3) is 5.22. The predicted octanol–water partition coefficient (Wildman–Crippen LogP) is 5.80.